The molecule has 0 aliphatic rings. The molecule has 0 unspecified atom stereocenters. The van der Waals surface area contributed by atoms with E-state index in [-0.39, 0.29) is 5.56 Å². The normalized spacial score (nSPS) is 10.9. The number of anilines is 1. The Hall–Kier alpha value is -3.26. The Morgan fingerprint density at radius 2 is 1.89 bits per heavy atom. The molecule has 8 heteroatoms. The second kappa shape index (κ2) is 8.62. The van der Waals surface area contributed by atoms with Crippen molar-refractivity contribution in [3.8, 4) is 22.8 Å². The maximum absolute atomic E-state index is 13.8. The summed E-state index contributed by atoms with van der Waals surface area (Å²) in [6.45, 7) is 0. The average Bonchev–Trinajstić information content (AvgIpc) is 3.14. The van der Waals surface area contributed by atoms with Crippen molar-refractivity contribution in [1.29, 1.82) is 0 Å². The molecule has 0 bridgehead atoms. The van der Waals surface area contributed by atoms with Crippen LogP contribution in [0.2, 0.25) is 0 Å². The fraction of sp³-hybridized carbons (Fsp3) is 0.100. The zero-order valence-corrected chi connectivity index (χ0v) is 15.8. The molecule has 0 saturated heterocycles. The lowest BCUT2D eigenvalue weighted by atomic mass is 10.1. The van der Waals surface area contributed by atoms with Gasteiger partial charge in [0.05, 0.1) is 19.9 Å². The molecular formula is C20H16F2N2O3S. The van der Waals surface area contributed by atoms with Gasteiger partial charge in [0.15, 0.2) is 16.6 Å². The van der Waals surface area contributed by atoms with Crippen molar-refractivity contribution < 1.29 is 23.0 Å². The highest BCUT2D eigenvalue weighted by Crippen LogP contribution is 2.29. The molecule has 0 spiro atoms. The Morgan fingerprint density at radius 3 is 2.61 bits per heavy atom. The molecule has 1 amide bonds. The van der Waals surface area contributed by atoms with E-state index in [0.29, 0.717) is 22.3 Å². The van der Waals surface area contributed by atoms with Crippen molar-refractivity contribution in [2.75, 3.05) is 19.5 Å². The van der Waals surface area contributed by atoms with Crippen LogP contribution in [0.15, 0.2) is 47.9 Å². The molecule has 2 aromatic carbocycles. The highest BCUT2D eigenvalue weighted by molar-refractivity contribution is 7.14. The van der Waals surface area contributed by atoms with E-state index < -0.39 is 17.5 Å². The van der Waals surface area contributed by atoms with Crippen LogP contribution in [0.25, 0.3) is 17.3 Å². The Bertz CT molecular complexity index is 1030. The van der Waals surface area contributed by atoms with Gasteiger partial charge >= 0.3 is 0 Å². The van der Waals surface area contributed by atoms with E-state index in [1.54, 1.807) is 36.8 Å². The Morgan fingerprint density at radius 1 is 1.11 bits per heavy atom. The molecule has 0 aliphatic heterocycles. The summed E-state index contributed by atoms with van der Waals surface area (Å²) in [5.74, 6) is -0.625. The number of aromatic nitrogens is 1. The smallest absolute Gasteiger partial charge is 0.250 e. The summed E-state index contributed by atoms with van der Waals surface area (Å²) >= 11 is 1.14. The molecule has 5 nitrogen and oxygen atoms in total. The van der Waals surface area contributed by atoms with E-state index in [9.17, 15) is 13.6 Å². The first-order chi connectivity index (χ1) is 13.5. The first kappa shape index (κ1) is 19.5. The summed E-state index contributed by atoms with van der Waals surface area (Å²) in [7, 11) is 3.07. The van der Waals surface area contributed by atoms with Gasteiger partial charge in [0.25, 0.3) is 0 Å². The molecular weight excluding hydrogens is 386 g/mol. The van der Waals surface area contributed by atoms with E-state index >= 15 is 0 Å². The van der Waals surface area contributed by atoms with Crippen molar-refractivity contribution in [2.24, 2.45) is 0 Å². The van der Waals surface area contributed by atoms with Crippen LogP contribution in [-0.2, 0) is 4.79 Å². The summed E-state index contributed by atoms with van der Waals surface area (Å²) in [4.78, 5) is 16.3. The summed E-state index contributed by atoms with van der Waals surface area (Å²) < 4.78 is 37.2. The number of nitrogens with zero attached hydrogens (tertiary/aromatic N) is 1. The third-order valence-electron chi connectivity index (χ3n) is 3.78. The zero-order valence-electron chi connectivity index (χ0n) is 15.0. The number of halogens is 2. The highest BCUT2D eigenvalue weighted by Gasteiger charge is 2.11. The van der Waals surface area contributed by atoms with E-state index in [1.165, 1.54) is 19.3 Å². The number of amides is 1. The summed E-state index contributed by atoms with van der Waals surface area (Å²) in [5.41, 5.74) is 1.24. The third kappa shape index (κ3) is 4.52. The predicted molar refractivity (Wildman–Crippen MR) is 105 cm³/mol. The monoisotopic (exact) mass is 402 g/mol. The quantitative estimate of drug-likeness (QED) is 0.604. The number of carbonyl (C=O) groups excluding carboxylic acids is 1. The minimum Gasteiger partial charge on any atom is -0.493 e. The number of nitrogens with one attached hydrogen (secondary N) is 1. The third-order valence-corrected chi connectivity index (χ3v) is 4.53. The van der Waals surface area contributed by atoms with Crippen LogP contribution < -0.4 is 14.8 Å². The van der Waals surface area contributed by atoms with E-state index in [2.05, 4.69) is 10.3 Å². The van der Waals surface area contributed by atoms with E-state index in [1.807, 2.05) is 0 Å². The second-order valence-electron chi connectivity index (χ2n) is 5.60. The van der Waals surface area contributed by atoms with Crippen LogP contribution in [0.4, 0.5) is 13.9 Å². The predicted octanol–water partition coefficient (Wildman–Crippen LogP) is 4.76. The van der Waals surface area contributed by atoms with Crippen molar-refractivity contribution in [2.45, 2.75) is 0 Å². The van der Waals surface area contributed by atoms with Crippen molar-refractivity contribution >= 4 is 28.5 Å². The Kier molecular flexibility index (Phi) is 6.00. The average molecular weight is 402 g/mol. The maximum Gasteiger partial charge on any atom is 0.250 e. The van der Waals surface area contributed by atoms with Crippen molar-refractivity contribution in [3.05, 3.63) is 65.1 Å². The van der Waals surface area contributed by atoms with Gasteiger partial charge in [-0.05, 0) is 35.9 Å². The number of hydrogen-bond donors (Lipinski definition) is 1. The van der Waals surface area contributed by atoms with Crippen LogP contribution in [0.5, 0.6) is 11.5 Å². The van der Waals surface area contributed by atoms with Crippen LogP contribution in [0, 0.1) is 11.6 Å². The van der Waals surface area contributed by atoms with Gasteiger partial charge in [-0.25, -0.2) is 13.8 Å². The molecule has 1 aromatic heterocycles. The SMILES string of the molecule is COc1ccc(/C=C/C(=O)Nc2nc(-c3ccc(F)cc3F)cs2)cc1OC. The summed E-state index contributed by atoms with van der Waals surface area (Å²) in [6, 6.07) is 8.51. The zero-order chi connectivity index (χ0) is 20.1. The number of methoxy groups -OCH3 is 2. The Balaban J connectivity index is 1.69. The van der Waals surface area contributed by atoms with Crippen LogP contribution in [0.3, 0.4) is 0 Å². The second-order valence-corrected chi connectivity index (χ2v) is 6.46. The summed E-state index contributed by atoms with van der Waals surface area (Å²) in [5, 5.41) is 4.51. The van der Waals surface area contributed by atoms with Gasteiger partial charge in [0.1, 0.15) is 11.6 Å². The molecule has 1 N–H and O–H groups in total. The number of rotatable bonds is 6. The van der Waals surface area contributed by atoms with E-state index in [0.717, 1.165) is 29.0 Å². The molecule has 0 fully saturated rings. The fourth-order valence-corrected chi connectivity index (χ4v) is 3.14. The summed E-state index contributed by atoms with van der Waals surface area (Å²) in [6.07, 6.45) is 2.96. The molecule has 0 radical (unpaired) electrons. The number of hydrogen-bond acceptors (Lipinski definition) is 5. The molecule has 3 aromatic rings. The minimum atomic E-state index is -0.712. The first-order valence-electron chi connectivity index (χ1n) is 8.12. The van der Waals surface area contributed by atoms with Gasteiger partial charge in [0, 0.05) is 23.1 Å². The Labute approximate surface area is 164 Å². The van der Waals surface area contributed by atoms with Crippen LogP contribution in [0.1, 0.15) is 5.56 Å². The topological polar surface area (TPSA) is 60.5 Å². The van der Waals surface area contributed by atoms with Gasteiger partial charge in [-0.15, -0.1) is 11.3 Å². The van der Waals surface area contributed by atoms with E-state index in [4.69, 9.17) is 9.47 Å². The number of thiazole rings is 1. The molecule has 144 valence electrons. The lowest BCUT2D eigenvalue weighted by molar-refractivity contribution is -0.111. The van der Waals surface area contributed by atoms with Gasteiger partial charge in [0.2, 0.25) is 5.91 Å². The van der Waals surface area contributed by atoms with Crippen molar-refractivity contribution in [3.63, 3.8) is 0 Å². The largest absolute Gasteiger partial charge is 0.493 e. The van der Waals surface area contributed by atoms with Gasteiger partial charge in [-0.2, -0.15) is 0 Å². The molecule has 0 aliphatic carbocycles. The van der Waals surface area contributed by atoms with Gasteiger partial charge < -0.3 is 9.47 Å². The molecule has 0 saturated carbocycles. The minimum absolute atomic E-state index is 0.166. The molecule has 28 heavy (non-hydrogen) atoms. The van der Waals surface area contributed by atoms with Gasteiger partial charge in [-0.1, -0.05) is 6.07 Å². The van der Waals surface area contributed by atoms with Gasteiger partial charge in [-0.3, -0.25) is 10.1 Å². The highest BCUT2D eigenvalue weighted by atomic mass is 32.1. The van der Waals surface area contributed by atoms with Crippen molar-refractivity contribution in [1.82, 2.24) is 4.98 Å². The standard InChI is InChI=1S/C20H16F2N2O3S/c1-26-17-7-3-12(9-18(17)27-2)4-8-19(25)24-20-23-16(11-28-20)14-6-5-13(21)10-15(14)22/h3-11H,1-2H3,(H,23,24,25)/b8-4+. The number of carbonyl (C=O) groups is 1. The fourth-order valence-electron chi connectivity index (χ4n) is 2.43. The molecule has 3 rings (SSSR count). The first-order valence-corrected chi connectivity index (χ1v) is 9.00. The molecule has 0 atom stereocenters. The van der Waals surface area contributed by atoms with Crippen LogP contribution in [-0.4, -0.2) is 25.1 Å². The lowest BCUT2D eigenvalue weighted by Crippen LogP contribution is -2.07. The number of ether oxygens (including phenoxy) is 2. The number of benzene rings is 2. The lowest BCUT2D eigenvalue weighted by Gasteiger charge is -2.07. The molecule has 1 heterocycles. The maximum atomic E-state index is 13.8. The van der Waals surface area contributed by atoms with Crippen LogP contribution >= 0.6 is 11.3 Å².